The number of carbonyl (C=O) groups excluding carboxylic acids is 5. The maximum Gasteiger partial charge on any atom is 0.303 e. The van der Waals surface area contributed by atoms with E-state index in [1.54, 1.807) is 0 Å². The number of carbonyl (C=O) groups is 5. The molecule has 10 nitrogen and oxygen atoms in total. The first-order valence-electron chi connectivity index (χ1n) is 8.17. The molecule has 158 valence electrons. The summed E-state index contributed by atoms with van der Waals surface area (Å²) in [4.78, 5) is 57.5. The van der Waals surface area contributed by atoms with Crippen molar-refractivity contribution < 1.29 is 47.7 Å². The third-order valence-corrected chi connectivity index (χ3v) is 3.29. The van der Waals surface area contributed by atoms with Crippen LogP contribution >= 0.6 is 12.2 Å². The molecule has 0 saturated carbocycles. The molecule has 4 unspecified atom stereocenters. The molecule has 0 radical (unpaired) electrons. The summed E-state index contributed by atoms with van der Waals surface area (Å²) in [5.41, 5.74) is 0. The Bertz CT molecular complexity index is 629. The number of thiocarbonyl (C=S) groups is 1. The molecule has 0 aliphatic heterocycles. The number of rotatable bonds is 10. The monoisotopic (exact) mass is 420 g/mol. The molecular formula is C17H24O10S. The highest BCUT2D eigenvalue weighted by molar-refractivity contribution is 7.80. The Kier molecular flexibility index (Phi) is 10.9. The lowest BCUT2D eigenvalue weighted by Gasteiger charge is -2.35. The summed E-state index contributed by atoms with van der Waals surface area (Å²) in [5, 5.41) is 0. The molecule has 0 fully saturated rings. The van der Waals surface area contributed by atoms with Crippen LogP contribution in [0.3, 0.4) is 0 Å². The van der Waals surface area contributed by atoms with Gasteiger partial charge in [0.2, 0.25) is 0 Å². The van der Waals surface area contributed by atoms with Gasteiger partial charge in [0.05, 0.1) is 0 Å². The average molecular weight is 420 g/mol. The van der Waals surface area contributed by atoms with E-state index < -0.39 is 60.9 Å². The molecule has 4 atom stereocenters. The van der Waals surface area contributed by atoms with Crippen LogP contribution in [0.15, 0.2) is 0 Å². The summed E-state index contributed by atoms with van der Waals surface area (Å²) in [6, 6.07) is 0. The van der Waals surface area contributed by atoms with E-state index in [0.29, 0.717) is 0 Å². The molecule has 0 bridgehead atoms. The van der Waals surface area contributed by atoms with Crippen LogP contribution in [0, 0.1) is 0 Å². The quantitative estimate of drug-likeness (QED) is 0.280. The standard InChI is InChI=1S/C17H24O10S/c1-8(28)15(25-11(4)20)17(27-13(6)22)16(26-12(5)21)14(24-10(3)19)7-23-9(2)18/h14-17H,7H2,1-6H3. The van der Waals surface area contributed by atoms with Crippen LogP contribution < -0.4 is 0 Å². The van der Waals surface area contributed by atoms with Crippen LogP contribution in [-0.2, 0) is 47.7 Å². The highest BCUT2D eigenvalue weighted by Crippen LogP contribution is 2.21. The first kappa shape index (κ1) is 25.4. The van der Waals surface area contributed by atoms with Crippen molar-refractivity contribution in [3.63, 3.8) is 0 Å². The molecule has 0 heterocycles. The Labute approximate surface area is 167 Å². The van der Waals surface area contributed by atoms with Crippen molar-refractivity contribution in [2.45, 2.75) is 66.0 Å². The highest BCUT2D eigenvalue weighted by Gasteiger charge is 2.44. The summed E-state index contributed by atoms with van der Waals surface area (Å²) >= 11 is 5.08. The minimum atomic E-state index is -1.48. The van der Waals surface area contributed by atoms with Gasteiger partial charge in [-0.25, -0.2) is 0 Å². The van der Waals surface area contributed by atoms with E-state index in [2.05, 4.69) is 0 Å². The zero-order chi connectivity index (χ0) is 22.0. The molecule has 0 aromatic carbocycles. The third kappa shape index (κ3) is 9.95. The van der Waals surface area contributed by atoms with Gasteiger partial charge in [-0.15, -0.1) is 0 Å². The van der Waals surface area contributed by atoms with Gasteiger partial charge < -0.3 is 23.7 Å². The second-order valence-electron chi connectivity index (χ2n) is 5.74. The minimum Gasteiger partial charge on any atom is -0.462 e. The predicted octanol–water partition coefficient (Wildman–Crippen LogP) is 0.666. The normalized spacial score (nSPS) is 14.5. The summed E-state index contributed by atoms with van der Waals surface area (Å²) in [7, 11) is 0. The van der Waals surface area contributed by atoms with Crippen LogP contribution in [0.5, 0.6) is 0 Å². The van der Waals surface area contributed by atoms with E-state index in [1.807, 2.05) is 0 Å². The van der Waals surface area contributed by atoms with Crippen molar-refractivity contribution in [2.24, 2.45) is 0 Å². The lowest BCUT2D eigenvalue weighted by molar-refractivity contribution is -0.197. The van der Waals surface area contributed by atoms with Crippen molar-refractivity contribution in [3.05, 3.63) is 0 Å². The lowest BCUT2D eigenvalue weighted by Crippen LogP contribution is -2.54. The van der Waals surface area contributed by atoms with E-state index >= 15 is 0 Å². The van der Waals surface area contributed by atoms with Gasteiger partial charge in [-0.05, 0) is 6.92 Å². The molecule has 28 heavy (non-hydrogen) atoms. The van der Waals surface area contributed by atoms with E-state index in [9.17, 15) is 24.0 Å². The summed E-state index contributed by atoms with van der Waals surface area (Å²) in [5.74, 6) is -3.82. The Hall–Kier alpha value is -2.56. The van der Waals surface area contributed by atoms with Crippen LogP contribution in [-0.4, -0.2) is 65.7 Å². The fourth-order valence-corrected chi connectivity index (χ4v) is 2.39. The molecule has 0 saturated heterocycles. The van der Waals surface area contributed by atoms with Crippen molar-refractivity contribution in [1.82, 2.24) is 0 Å². The Morgan fingerprint density at radius 1 is 0.643 bits per heavy atom. The molecule has 0 aliphatic carbocycles. The van der Waals surface area contributed by atoms with Gasteiger partial charge in [0.25, 0.3) is 0 Å². The van der Waals surface area contributed by atoms with E-state index in [0.717, 1.165) is 34.6 Å². The number of hydrogen-bond acceptors (Lipinski definition) is 11. The van der Waals surface area contributed by atoms with Gasteiger partial charge in [0, 0.05) is 39.5 Å². The SMILES string of the molecule is CC(=O)OCC(OC(C)=O)C(OC(C)=O)C(OC(C)=O)C(OC(C)=O)C(C)=S. The van der Waals surface area contributed by atoms with Gasteiger partial charge in [-0.3, -0.25) is 24.0 Å². The van der Waals surface area contributed by atoms with Crippen molar-refractivity contribution >= 4 is 46.9 Å². The zero-order valence-corrected chi connectivity index (χ0v) is 17.3. The van der Waals surface area contributed by atoms with Gasteiger partial charge in [0.15, 0.2) is 24.4 Å². The zero-order valence-electron chi connectivity index (χ0n) is 16.5. The number of esters is 5. The van der Waals surface area contributed by atoms with E-state index in [1.165, 1.54) is 6.92 Å². The minimum absolute atomic E-state index is 0.104. The first-order chi connectivity index (χ1) is 12.8. The lowest BCUT2D eigenvalue weighted by atomic mass is 10.00. The maximum absolute atomic E-state index is 11.6. The molecule has 11 heteroatoms. The summed E-state index contributed by atoms with van der Waals surface area (Å²) in [6.45, 7) is 6.39. The molecular weight excluding hydrogens is 396 g/mol. The average Bonchev–Trinajstić information content (AvgIpc) is 2.51. The maximum atomic E-state index is 11.6. The van der Waals surface area contributed by atoms with Crippen LogP contribution in [0.2, 0.25) is 0 Å². The molecule has 0 aromatic heterocycles. The molecule has 0 rings (SSSR count). The van der Waals surface area contributed by atoms with Gasteiger partial charge in [-0.2, -0.15) is 0 Å². The van der Waals surface area contributed by atoms with Crippen LogP contribution in [0.1, 0.15) is 41.5 Å². The van der Waals surface area contributed by atoms with Crippen molar-refractivity contribution in [1.29, 1.82) is 0 Å². The van der Waals surface area contributed by atoms with Crippen molar-refractivity contribution in [2.75, 3.05) is 6.61 Å². The second-order valence-corrected chi connectivity index (χ2v) is 6.38. The van der Waals surface area contributed by atoms with Gasteiger partial charge in [0.1, 0.15) is 6.61 Å². The van der Waals surface area contributed by atoms with Gasteiger partial charge in [-0.1, -0.05) is 12.2 Å². The number of hydrogen-bond donors (Lipinski definition) is 0. The molecule has 0 spiro atoms. The second kappa shape index (κ2) is 12.0. The molecule has 0 amide bonds. The van der Waals surface area contributed by atoms with Crippen LogP contribution in [0.4, 0.5) is 0 Å². The third-order valence-electron chi connectivity index (χ3n) is 3.05. The first-order valence-corrected chi connectivity index (χ1v) is 8.58. The largest absolute Gasteiger partial charge is 0.462 e. The topological polar surface area (TPSA) is 132 Å². The Balaban J connectivity index is 6.18. The smallest absolute Gasteiger partial charge is 0.303 e. The Morgan fingerprint density at radius 3 is 1.43 bits per heavy atom. The predicted molar refractivity (Wildman–Crippen MR) is 97.1 cm³/mol. The van der Waals surface area contributed by atoms with Gasteiger partial charge >= 0.3 is 29.8 Å². The fourth-order valence-electron chi connectivity index (χ4n) is 2.21. The van der Waals surface area contributed by atoms with E-state index in [-0.39, 0.29) is 4.86 Å². The molecule has 0 aromatic rings. The number of ether oxygens (including phenoxy) is 5. The van der Waals surface area contributed by atoms with E-state index in [4.69, 9.17) is 35.9 Å². The summed E-state index contributed by atoms with van der Waals surface area (Å²) in [6.07, 6.45) is -5.59. The Morgan fingerprint density at radius 2 is 1.07 bits per heavy atom. The van der Waals surface area contributed by atoms with Crippen molar-refractivity contribution in [3.8, 4) is 0 Å². The molecule has 0 aliphatic rings. The van der Waals surface area contributed by atoms with Crippen LogP contribution in [0.25, 0.3) is 0 Å². The molecule has 0 N–H and O–H groups in total. The summed E-state index contributed by atoms with van der Waals surface area (Å²) < 4.78 is 25.4. The fraction of sp³-hybridized carbons (Fsp3) is 0.647. The highest BCUT2D eigenvalue weighted by atomic mass is 32.1.